The summed E-state index contributed by atoms with van der Waals surface area (Å²) in [7, 11) is -7.81. The lowest BCUT2D eigenvalue weighted by Gasteiger charge is -2.14. The zero-order chi connectivity index (χ0) is 44.4. The summed E-state index contributed by atoms with van der Waals surface area (Å²) in [6.45, 7) is 13.0. The molecule has 0 spiro atoms. The van der Waals surface area contributed by atoms with Crippen molar-refractivity contribution in [2.75, 3.05) is 183 Å². The number of benzene rings is 1. The summed E-state index contributed by atoms with van der Waals surface area (Å²) in [5, 5.41) is 0. The van der Waals surface area contributed by atoms with Gasteiger partial charge in [-0.1, -0.05) is 6.07 Å². The summed E-state index contributed by atoms with van der Waals surface area (Å²) >= 11 is 0. The quantitative estimate of drug-likeness (QED) is 0.0704. The van der Waals surface area contributed by atoms with Gasteiger partial charge in [-0.3, -0.25) is 9.11 Å². The summed E-state index contributed by atoms with van der Waals surface area (Å²) in [6, 6.07) is 5.75. The third-order valence-electron chi connectivity index (χ3n) is 7.67. The van der Waals surface area contributed by atoms with Crippen molar-refractivity contribution in [3.63, 3.8) is 0 Å². The van der Waals surface area contributed by atoms with Crippen LogP contribution in [0.5, 0.6) is 11.5 Å². The molecule has 0 fully saturated rings. The normalized spacial score (nSPS) is 12.0. The number of aryl methyl sites for hydroxylation is 1. The molecule has 0 unspecified atom stereocenters. The van der Waals surface area contributed by atoms with Crippen LogP contribution in [-0.2, 0) is 77.1 Å². The van der Waals surface area contributed by atoms with E-state index in [1.54, 1.807) is 0 Å². The van der Waals surface area contributed by atoms with E-state index >= 15 is 0 Å². The van der Waals surface area contributed by atoms with Crippen LogP contribution < -0.4 is 9.47 Å². The van der Waals surface area contributed by atoms with Gasteiger partial charge in [-0.2, -0.15) is 16.8 Å². The van der Waals surface area contributed by atoms with Gasteiger partial charge in [0.05, 0.1) is 157 Å². The lowest BCUT2D eigenvalue weighted by atomic mass is 10.2. The van der Waals surface area contributed by atoms with E-state index in [4.69, 9.17) is 75.4 Å². The maximum atomic E-state index is 10.6. The molecule has 1 rings (SSSR count). The van der Waals surface area contributed by atoms with Gasteiger partial charge >= 0.3 is 0 Å². The van der Waals surface area contributed by atoms with Gasteiger partial charge in [0.15, 0.2) is 11.5 Å². The van der Waals surface area contributed by atoms with Gasteiger partial charge in [0, 0.05) is 13.2 Å². The second-order valence-electron chi connectivity index (χ2n) is 13.0. The van der Waals surface area contributed by atoms with Crippen LogP contribution in [0.15, 0.2) is 18.2 Å². The van der Waals surface area contributed by atoms with Crippen LogP contribution >= 0.6 is 0 Å². The largest absolute Gasteiger partial charge is 0.487 e. The van der Waals surface area contributed by atoms with Crippen molar-refractivity contribution in [3.8, 4) is 11.5 Å². The first-order valence-electron chi connectivity index (χ1n) is 20.8. The predicted octanol–water partition coefficient (Wildman–Crippen LogP) is 2.29. The van der Waals surface area contributed by atoms with Crippen LogP contribution in [0.3, 0.4) is 0 Å². The number of hydrogen-bond donors (Lipinski definition) is 2. The molecule has 61 heavy (non-hydrogen) atoms. The Balaban J connectivity index is 1.85. The highest BCUT2D eigenvalue weighted by atomic mass is 32.2. The van der Waals surface area contributed by atoms with E-state index in [2.05, 4.69) is 0 Å². The molecule has 0 aliphatic rings. The summed E-state index contributed by atoms with van der Waals surface area (Å²) in [5.41, 5.74) is 1.05. The molecule has 0 heterocycles. The molecule has 0 saturated heterocycles. The van der Waals surface area contributed by atoms with E-state index < -0.39 is 20.2 Å². The fourth-order valence-electron chi connectivity index (χ4n) is 4.65. The van der Waals surface area contributed by atoms with Gasteiger partial charge in [-0.05, 0) is 50.3 Å². The molecular weight excluding hydrogens is 853 g/mol. The van der Waals surface area contributed by atoms with E-state index in [1.807, 2.05) is 25.1 Å². The zero-order valence-electron chi connectivity index (χ0n) is 35.9. The van der Waals surface area contributed by atoms with Crippen LogP contribution in [0.1, 0.15) is 31.2 Å². The minimum absolute atomic E-state index is 0.252. The van der Waals surface area contributed by atoms with Crippen LogP contribution in [0.2, 0.25) is 0 Å². The van der Waals surface area contributed by atoms with Gasteiger partial charge in [-0.25, -0.2) is 0 Å². The van der Waals surface area contributed by atoms with Crippen LogP contribution in [0.25, 0.3) is 0 Å². The lowest BCUT2D eigenvalue weighted by molar-refractivity contribution is -0.0182. The summed E-state index contributed by atoms with van der Waals surface area (Å²) in [6.07, 6.45) is 1.83. The van der Waals surface area contributed by atoms with Crippen molar-refractivity contribution in [2.45, 2.75) is 32.6 Å². The molecule has 360 valence electrons. The van der Waals surface area contributed by atoms with E-state index in [9.17, 15) is 16.8 Å². The Labute approximate surface area is 362 Å². The van der Waals surface area contributed by atoms with E-state index in [1.165, 1.54) is 0 Å². The van der Waals surface area contributed by atoms with Crippen molar-refractivity contribution in [1.82, 2.24) is 0 Å². The van der Waals surface area contributed by atoms with Crippen LogP contribution in [0, 0.1) is 6.92 Å². The fraction of sp³-hybridized carbons (Fsp3) is 0.846. The highest BCUT2D eigenvalue weighted by Gasteiger charge is 2.07. The molecule has 0 aliphatic carbocycles. The van der Waals surface area contributed by atoms with Crippen molar-refractivity contribution >= 4 is 20.2 Å². The Bertz CT molecular complexity index is 1340. The second-order valence-corrected chi connectivity index (χ2v) is 16.1. The number of hydrogen-bond acceptors (Lipinski definition) is 18. The SMILES string of the molecule is Cc1ccc(OCCOCCOCCOCCOCCOCCOCCCCS(=O)(=O)O)c(OCCOCCOCCOCCOCCOCCOCCCCS(=O)(=O)O)c1. The number of ether oxygens (including phenoxy) is 14. The molecule has 0 atom stereocenters. The third-order valence-corrected chi connectivity index (χ3v) is 9.28. The van der Waals surface area contributed by atoms with Crippen molar-refractivity contribution in [2.24, 2.45) is 0 Å². The minimum Gasteiger partial charge on any atom is -0.487 e. The van der Waals surface area contributed by atoms with E-state index in [-0.39, 0.29) is 11.5 Å². The van der Waals surface area contributed by atoms with Gasteiger partial charge in [0.2, 0.25) is 0 Å². The molecule has 1 aromatic rings. The number of rotatable bonds is 48. The molecule has 22 heteroatoms. The molecule has 2 N–H and O–H groups in total. The average Bonchev–Trinajstić information content (AvgIpc) is 3.21. The average molecular weight is 925 g/mol. The van der Waals surface area contributed by atoms with Crippen molar-refractivity contribution < 1.29 is 92.3 Å². The maximum Gasteiger partial charge on any atom is 0.264 e. The summed E-state index contributed by atoms with van der Waals surface area (Å²) in [4.78, 5) is 0. The molecule has 0 saturated carbocycles. The molecule has 0 bridgehead atoms. The van der Waals surface area contributed by atoms with Crippen molar-refractivity contribution in [3.05, 3.63) is 23.8 Å². The van der Waals surface area contributed by atoms with Crippen LogP contribution in [0.4, 0.5) is 0 Å². The van der Waals surface area contributed by atoms with Gasteiger partial charge in [0.1, 0.15) is 13.2 Å². The third kappa shape index (κ3) is 43.2. The highest BCUT2D eigenvalue weighted by Crippen LogP contribution is 2.28. The Morgan fingerprint density at radius 3 is 0.869 bits per heavy atom. The van der Waals surface area contributed by atoms with Gasteiger partial charge in [-0.15, -0.1) is 0 Å². The predicted molar refractivity (Wildman–Crippen MR) is 223 cm³/mol. The Hall–Kier alpha value is -1.84. The molecular formula is C39H72O20S2. The first-order valence-corrected chi connectivity index (χ1v) is 24.0. The molecule has 0 aromatic heterocycles. The molecule has 0 radical (unpaired) electrons. The molecule has 1 aromatic carbocycles. The zero-order valence-corrected chi connectivity index (χ0v) is 37.6. The summed E-state index contributed by atoms with van der Waals surface area (Å²) in [5.74, 6) is 0.763. The first kappa shape index (κ1) is 57.2. The van der Waals surface area contributed by atoms with Gasteiger partial charge in [0.25, 0.3) is 20.2 Å². The van der Waals surface area contributed by atoms with Crippen LogP contribution in [-0.4, -0.2) is 209 Å². The molecule has 0 amide bonds. The van der Waals surface area contributed by atoms with E-state index in [0.717, 1.165) is 5.56 Å². The monoisotopic (exact) mass is 924 g/mol. The van der Waals surface area contributed by atoms with E-state index in [0.29, 0.717) is 209 Å². The molecule has 0 aliphatic heterocycles. The Morgan fingerprint density at radius 1 is 0.344 bits per heavy atom. The smallest absolute Gasteiger partial charge is 0.264 e. The maximum absolute atomic E-state index is 10.6. The minimum atomic E-state index is -3.90. The molecule has 20 nitrogen and oxygen atoms in total. The number of unbranched alkanes of at least 4 members (excludes halogenated alkanes) is 2. The first-order chi connectivity index (χ1) is 29.6. The fourth-order valence-corrected chi connectivity index (χ4v) is 5.79. The Morgan fingerprint density at radius 2 is 0.590 bits per heavy atom. The highest BCUT2D eigenvalue weighted by molar-refractivity contribution is 7.86. The van der Waals surface area contributed by atoms with Crippen molar-refractivity contribution in [1.29, 1.82) is 0 Å². The lowest BCUT2D eigenvalue weighted by Crippen LogP contribution is -2.15. The van der Waals surface area contributed by atoms with Gasteiger partial charge < -0.3 is 66.3 Å². The topological polar surface area (TPSA) is 238 Å². The standard InChI is InChI=1S/C39H72O20S2/c1-37-6-7-38(58-32-30-56-28-26-54-24-22-52-20-18-50-16-14-48-12-10-46-8-2-4-34-60(40,41)42)39(36-37)59-33-31-57-29-27-55-25-23-53-21-19-51-17-15-49-13-11-47-9-3-5-35-61(43,44)45/h6-7,36H,2-5,8-35H2,1H3,(H,40,41,42)(H,43,44,45). The Kier molecular flexibility index (Phi) is 38.3. The summed E-state index contributed by atoms with van der Waals surface area (Å²) < 4.78 is 137. The second kappa shape index (κ2) is 40.9.